The van der Waals surface area contributed by atoms with Crippen molar-refractivity contribution in [2.45, 2.75) is 32.3 Å². The second-order valence-corrected chi connectivity index (χ2v) is 6.05. The van der Waals surface area contributed by atoms with E-state index in [0.29, 0.717) is 12.5 Å². The summed E-state index contributed by atoms with van der Waals surface area (Å²) >= 11 is 0. The first kappa shape index (κ1) is 12.6. The summed E-state index contributed by atoms with van der Waals surface area (Å²) in [6, 6.07) is 6.22. The minimum atomic E-state index is -0.0702. The van der Waals surface area contributed by atoms with Crippen molar-refractivity contribution in [2.75, 3.05) is 19.7 Å². The Labute approximate surface area is 113 Å². The van der Waals surface area contributed by atoms with Gasteiger partial charge in [-0.15, -0.1) is 0 Å². The minimum absolute atomic E-state index is 0.0702. The minimum Gasteiger partial charge on any atom is -0.438 e. The molecule has 4 nitrogen and oxygen atoms in total. The van der Waals surface area contributed by atoms with Crippen LogP contribution in [0, 0.1) is 0 Å². The van der Waals surface area contributed by atoms with Gasteiger partial charge < -0.3 is 14.5 Å². The van der Waals surface area contributed by atoms with Gasteiger partial charge in [-0.3, -0.25) is 0 Å². The maximum atomic E-state index is 5.80. The smallest absolute Gasteiger partial charge is 0.225 e. The average molecular weight is 260 g/mol. The predicted molar refractivity (Wildman–Crippen MR) is 74.3 cm³/mol. The Kier molecular flexibility index (Phi) is 3.07. The molecule has 1 atom stereocenters. The lowest BCUT2D eigenvalue weighted by Crippen LogP contribution is -2.33. The summed E-state index contributed by atoms with van der Waals surface area (Å²) in [5.74, 6) is 0.674. The van der Waals surface area contributed by atoms with E-state index in [1.165, 1.54) is 5.56 Å². The third kappa shape index (κ3) is 2.51. The van der Waals surface area contributed by atoms with Gasteiger partial charge in [-0.25, -0.2) is 4.98 Å². The molecule has 0 aliphatic carbocycles. The molecule has 0 radical (unpaired) electrons. The van der Waals surface area contributed by atoms with Crippen LogP contribution in [0.4, 0.5) is 0 Å². The van der Waals surface area contributed by atoms with E-state index in [9.17, 15) is 0 Å². The Morgan fingerprint density at radius 1 is 1.32 bits per heavy atom. The fourth-order valence-electron chi connectivity index (χ4n) is 2.27. The van der Waals surface area contributed by atoms with Gasteiger partial charge in [-0.2, -0.15) is 0 Å². The Hall–Kier alpha value is -1.39. The molecule has 1 unspecified atom stereocenters. The number of nitrogens with one attached hydrogen (secondary N) is 1. The summed E-state index contributed by atoms with van der Waals surface area (Å²) < 4.78 is 11.5. The molecule has 1 aromatic carbocycles. The molecule has 19 heavy (non-hydrogen) atoms. The molecule has 1 N–H and O–H groups in total. The number of morpholine rings is 1. The first-order valence-corrected chi connectivity index (χ1v) is 6.77. The molecule has 102 valence electrons. The number of ether oxygens (including phenoxy) is 1. The Bertz CT molecular complexity index is 577. The summed E-state index contributed by atoms with van der Waals surface area (Å²) in [4.78, 5) is 4.58. The molecule has 1 aliphatic rings. The highest BCUT2D eigenvalue weighted by molar-refractivity contribution is 5.73. The van der Waals surface area contributed by atoms with Crippen LogP contribution in [0.5, 0.6) is 0 Å². The van der Waals surface area contributed by atoms with Gasteiger partial charge in [0.2, 0.25) is 5.89 Å². The van der Waals surface area contributed by atoms with E-state index in [1.807, 2.05) is 6.07 Å². The fourth-order valence-corrected chi connectivity index (χ4v) is 2.27. The summed E-state index contributed by atoms with van der Waals surface area (Å²) in [5, 5.41) is 3.29. The molecule has 1 saturated heterocycles. The van der Waals surface area contributed by atoms with E-state index in [1.54, 1.807) is 0 Å². The SMILES string of the molecule is CC(C)(C)c1ccc2oc(C3CNCCO3)nc2c1. The average Bonchev–Trinajstić information content (AvgIpc) is 2.81. The highest BCUT2D eigenvalue weighted by Crippen LogP contribution is 2.28. The van der Waals surface area contributed by atoms with Gasteiger partial charge in [0.15, 0.2) is 5.58 Å². The molecule has 0 bridgehead atoms. The number of hydrogen-bond acceptors (Lipinski definition) is 4. The predicted octanol–water partition coefficient (Wildman–Crippen LogP) is 2.79. The number of fused-ring (bicyclic) bond motifs is 1. The molecular formula is C15H20N2O2. The van der Waals surface area contributed by atoms with Gasteiger partial charge in [-0.05, 0) is 23.1 Å². The van der Waals surface area contributed by atoms with E-state index in [0.717, 1.165) is 24.2 Å². The number of aromatic nitrogens is 1. The van der Waals surface area contributed by atoms with Crippen molar-refractivity contribution in [1.29, 1.82) is 0 Å². The van der Waals surface area contributed by atoms with Gasteiger partial charge >= 0.3 is 0 Å². The lowest BCUT2D eigenvalue weighted by Gasteiger charge is -2.20. The third-order valence-corrected chi connectivity index (χ3v) is 3.47. The lowest BCUT2D eigenvalue weighted by atomic mass is 9.87. The van der Waals surface area contributed by atoms with E-state index < -0.39 is 0 Å². The number of benzene rings is 1. The topological polar surface area (TPSA) is 47.3 Å². The van der Waals surface area contributed by atoms with Crippen molar-refractivity contribution in [3.63, 3.8) is 0 Å². The standard InChI is InChI=1S/C15H20N2O2/c1-15(2,3)10-4-5-12-11(8-10)17-14(19-12)13-9-16-6-7-18-13/h4-5,8,13,16H,6-7,9H2,1-3H3. The van der Waals surface area contributed by atoms with Crippen LogP contribution in [0.25, 0.3) is 11.1 Å². The molecule has 2 aromatic rings. The van der Waals surface area contributed by atoms with Gasteiger partial charge in [0, 0.05) is 13.1 Å². The van der Waals surface area contributed by atoms with Crippen molar-refractivity contribution in [2.24, 2.45) is 0 Å². The van der Waals surface area contributed by atoms with E-state index in [2.05, 4.69) is 43.2 Å². The molecule has 0 saturated carbocycles. The molecule has 3 rings (SSSR count). The van der Waals surface area contributed by atoms with Gasteiger partial charge in [0.1, 0.15) is 11.6 Å². The molecule has 1 aliphatic heterocycles. The molecule has 2 heterocycles. The van der Waals surface area contributed by atoms with Crippen LogP contribution in [-0.4, -0.2) is 24.7 Å². The van der Waals surface area contributed by atoms with Crippen LogP contribution in [0.15, 0.2) is 22.6 Å². The van der Waals surface area contributed by atoms with Crippen LogP contribution in [0.3, 0.4) is 0 Å². The van der Waals surface area contributed by atoms with Crippen molar-refractivity contribution >= 4 is 11.1 Å². The Morgan fingerprint density at radius 3 is 2.84 bits per heavy atom. The van der Waals surface area contributed by atoms with E-state index >= 15 is 0 Å². The highest BCUT2D eigenvalue weighted by atomic mass is 16.5. The normalized spacial score (nSPS) is 20.9. The maximum Gasteiger partial charge on any atom is 0.225 e. The Morgan fingerprint density at radius 2 is 2.16 bits per heavy atom. The summed E-state index contributed by atoms with van der Waals surface area (Å²) in [7, 11) is 0. The maximum absolute atomic E-state index is 5.80. The monoisotopic (exact) mass is 260 g/mol. The second-order valence-electron chi connectivity index (χ2n) is 6.05. The number of rotatable bonds is 1. The number of oxazole rings is 1. The highest BCUT2D eigenvalue weighted by Gasteiger charge is 2.22. The first-order valence-electron chi connectivity index (χ1n) is 6.77. The van der Waals surface area contributed by atoms with Crippen LogP contribution in [-0.2, 0) is 10.2 Å². The third-order valence-electron chi connectivity index (χ3n) is 3.47. The molecule has 0 amide bonds. The van der Waals surface area contributed by atoms with E-state index in [4.69, 9.17) is 9.15 Å². The van der Waals surface area contributed by atoms with Crippen LogP contribution < -0.4 is 5.32 Å². The zero-order chi connectivity index (χ0) is 13.5. The zero-order valence-electron chi connectivity index (χ0n) is 11.7. The quantitative estimate of drug-likeness (QED) is 0.856. The van der Waals surface area contributed by atoms with Crippen LogP contribution in [0.2, 0.25) is 0 Å². The molecule has 4 heteroatoms. The molecule has 1 fully saturated rings. The fraction of sp³-hybridized carbons (Fsp3) is 0.533. The second kappa shape index (κ2) is 4.62. The van der Waals surface area contributed by atoms with E-state index in [-0.39, 0.29) is 11.5 Å². The molecular weight excluding hydrogens is 240 g/mol. The molecule has 0 spiro atoms. The zero-order valence-corrected chi connectivity index (χ0v) is 11.7. The van der Waals surface area contributed by atoms with Crippen molar-refractivity contribution in [3.05, 3.63) is 29.7 Å². The van der Waals surface area contributed by atoms with Gasteiger partial charge in [0.25, 0.3) is 0 Å². The summed E-state index contributed by atoms with van der Waals surface area (Å²) in [6.45, 7) is 8.95. The number of nitrogens with zero attached hydrogens (tertiary/aromatic N) is 1. The number of hydrogen-bond donors (Lipinski definition) is 1. The van der Waals surface area contributed by atoms with Gasteiger partial charge in [0.05, 0.1) is 6.61 Å². The van der Waals surface area contributed by atoms with Crippen molar-refractivity contribution < 1.29 is 9.15 Å². The van der Waals surface area contributed by atoms with Crippen molar-refractivity contribution in [3.8, 4) is 0 Å². The summed E-state index contributed by atoms with van der Waals surface area (Å²) in [6.07, 6.45) is -0.0702. The lowest BCUT2D eigenvalue weighted by molar-refractivity contribution is 0.0118. The first-order chi connectivity index (χ1) is 9.04. The Balaban J connectivity index is 1.96. The largest absolute Gasteiger partial charge is 0.438 e. The molecule has 1 aromatic heterocycles. The summed E-state index contributed by atoms with van der Waals surface area (Å²) in [5.41, 5.74) is 3.13. The van der Waals surface area contributed by atoms with Crippen LogP contribution in [0.1, 0.15) is 38.3 Å². The van der Waals surface area contributed by atoms with Crippen molar-refractivity contribution in [1.82, 2.24) is 10.3 Å². The van der Waals surface area contributed by atoms with Gasteiger partial charge in [-0.1, -0.05) is 26.8 Å². The van der Waals surface area contributed by atoms with Crippen LogP contribution >= 0.6 is 0 Å².